The van der Waals surface area contributed by atoms with Crippen molar-refractivity contribution in [2.75, 3.05) is 0 Å². The zero-order valence-corrected chi connectivity index (χ0v) is 10.1. The monoisotopic (exact) mass is 292 g/mol. The fraction of sp³-hybridized carbons (Fsp3) is 0.231. The number of ether oxygens (including phenoxy) is 1. The lowest BCUT2D eigenvalue weighted by atomic mass is 9.91. The molecule has 20 heavy (non-hydrogen) atoms. The summed E-state index contributed by atoms with van der Waals surface area (Å²) in [7, 11) is 0. The van der Waals surface area contributed by atoms with Gasteiger partial charge >= 0.3 is 0 Å². The molecule has 2 nitrogen and oxygen atoms in total. The Morgan fingerprint density at radius 2 is 1.80 bits per heavy atom. The van der Waals surface area contributed by atoms with Crippen molar-refractivity contribution < 1.29 is 31.8 Å². The van der Waals surface area contributed by atoms with Crippen LogP contribution >= 0.6 is 0 Å². The van der Waals surface area contributed by atoms with Crippen LogP contribution in [0.2, 0.25) is 0 Å². The van der Waals surface area contributed by atoms with Crippen LogP contribution in [0.15, 0.2) is 47.6 Å². The molecule has 0 fully saturated rings. The van der Waals surface area contributed by atoms with Crippen LogP contribution < -0.4 is 4.74 Å². The molecule has 0 heterocycles. The first-order valence-corrected chi connectivity index (χ1v) is 5.50. The molecule has 0 bridgehead atoms. The number of aromatic hydroxyl groups is 1. The predicted molar refractivity (Wildman–Crippen MR) is 60.5 cm³/mol. The van der Waals surface area contributed by atoms with E-state index in [4.69, 9.17) is 4.74 Å². The van der Waals surface area contributed by atoms with Crippen molar-refractivity contribution in [1.82, 2.24) is 0 Å². The third-order valence-corrected chi connectivity index (χ3v) is 2.88. The highest BCUT2D eigenvalue weighted by atomic mass is 19.2. The maximum atomic E-state index is 13.8. The molecular formula is C13H9F5O2. The van der Waals surface area contributed by atoms with E-state index < -0.39 is 35.1 Å². The number of hydrogen-bond acceptors (Lipinski definition) is 2. The molecule has 0 spiro atoms. The number of benzene rings is 1. The molecule has 0 aromatic heterocycles. The normalized spacial score (nSPS) is 27.0. The van der Waals surface area contributed by atoms with Crippen LogP contribution in [0.5, 0.6) is 11.5 Å². The van der Waals surface area contributed by atoms with Crippen molar-refractivity contribution in [3.63, 3.8) is 0 Å². The third-order valence-electron chi connectivity index (χ3n) is 2.88. The van der Waals surface area contributed by atoms with Crippen molar-refractivity contribution in [3.8, 4) is 11.5 Å². The first-order chi connectivity index (χ1) is 9.27. The zero-order valence-electron chi connectivity index (χ0n) is 10.1. The zero-order chi connectivity index (χ0) is 15.1. The van der Waals surface area contributed by atoms with Crippen molar-refractivity contribution in [3.05, 3.63) is 47.6 Å². The maximum Gasteiger partial charge on any atom is 0.200 e. The standard InChI is InChI=1S/C13H9F5O2/c1-13(20-7-4-2-3-6(19)5-7)11(17)9(15)8(14)10(16)12(13)18/h2-5,11,19H,1H3. The minimum Gasteiger partial charge on any atom is -0.508 e. The van der Waals surface area contributed by atoms with Gasteiger partial charge in [-0.1, -0.05) is 6.07 Å². The van der Waals surface area contributed by atoms with E-state index in [9.17, 15) is 27.1 Å². The molecule has 7 heteroatoms. The van der Waals surface area contributed by atoms with E-state index in [0.29, 0.717) is 0 Å². The molecule has 2 unspecified atom stereocenters. The maximum absolute atomic E-state index is 13.8. The summed E-state index contributed by atoms with van der Waals surface area (Å²) < 4.78 is 71.7. The molecule has 1 aliphatic carbocycles. The quantitative estimate of drug-likeness (QED) is 0.828. The van der Waals surface area contributed by atoms with E-state index in [0.717, 1.165) is 13.0 Å². The van der Waals surface area contributed by atoms with Gasteiger partial charge in [-0.3, -0.25) is 0 Å². The van der Waals surface area contributed by atoms with Crippen LogP contribution in [0.25, 0.3) is 0 Å². The van der Waals surface area contributed by atoms with Gasteiger partial charge in [0.05, 0.1) is 0 Å². The van der Waals surface area contributed by atoms with E-state index in [1.165, 1.54) is 18.2 Å². The number of phenolic OH excluding ortho intramolecular Hbond substituents is 1. The second-order valence-electron chi connectivity index (χ2n) is 4.36. The van der Waals surface area contributed by atoms with Crippen LogP contribution in [0.3, 0.4) is 0 Å². The van der Waals surface area contributed by atoms with Gasteiger partial charge in [0.2, 0.25) is 6.17 Å². The summed E-state index contributed by atoms with van der Waals surface area (Å²) >= 11 is 0. The molecule has 1 aromatic rings. The molecule has 0 amide bonds. The Bertz CT molecular complexity index is 611. The van der Waals surface area contributed by atoms with Crippen molar-refractivity contribution >= 4 is 0 Å². The van der Waals surface area contributed by atoms with Gasteiger partial charge in [0.1, 0.15) is 11.5 Å². The van der Waals surface area contributed by atoms with Crippen molar-refractivity contribution in [2.24, 2.45) is 0 Å². The molecule has 0 aliphatic heterocycles. The highest BCUT2D eigenvalue weighted by molar-refractivity contribution is 5.41. The average molecular weight is 292 g/mol. The molecule has 1 N–H and O–H groups in total. The van der Waals surface area contributed by atoms with E-state index in [1.54, 1.807) is 0 Å². The lowest BCUT2D eigenvalue weighted by Crippen LogP contribution is -2.46. The van der Waals surface area contributed by atoms with Crippen LogP contribution in [-0.4, -0.2) is 16.9 Å². The molecule has 2 rings (SSSR count). The van der Waals surface area contributed by atoms with E-state index >= 15 is 0 Å². The Morgan fingerprint density at radius 1 is 1.15 bits per heavy atom. The summed E-state index contributed by atoms with van der Waals surface area (Å²) in [6.07, 6.45) is -2.86. The molecular weight excluding hydrogens is 283 g/mol. The molecule has 0 radical (unpaired) electrons. The first-order valence-electron chi connectivity index (χ1n) is 5.50. The highest BCUT2D eigenvalue weighted by Gasteiger charge is 2.52. The second kappa shape index (κ2) is 4.81. The van der Waals surface area contributed by atoms with Gasteiger partial charge in [0.15, 0.2) is 28.9 Å². The molecule has 1 aliphatic rings. The Hall–Kier alpha value is -2.05. The SMILES string of the molecule is CC1(Oc2cccc(O)c2)C(F)=C(F)C(F)=C(F)C1F. The van der Waals surface area contributed by atoms with Crippen LogP contribution in [0.4, 0.5) is 22.0 Å². The lowest BCUT2D eigenvalue weighted by molar-refractivity contribution is 0.0146. The van der Waals surface area contributed by atoms with Crippen molar-refractivity contribution in [1.29, 1.82) is 0 Å². The van der Waals surface area contributed by atoms with Gasteiger partial charge < -0.3 is 9.84 Å². The van der Waals surface area contributed by atoms with Crippen LogP contribution in [0.1, 0.15) is 6.92 Å². The summed E-state index contributed by atoms with van der Waals surface area (Å²) in [5.74, 6) is -8.83. The Labute approximate surface area is 110 Å². The number of halogens is 5. The van der Waals surface area contributed by atoms with Gasteiger partial charge in [-0.2, -0.15) is 0 Å². The van der Waals surface area contributed by atoms with E-state index in [1.807, 2.05) is 0 Å². The van der Waals surface area contributed by atoms with Crippen LogP contribution in [-0.2, 0) is 0 Å². The number of allylic oxidation sites excluding steroid dienone is 2. The Balaban J connectivity index is 2.44. The fourth-order valence-electron chi connectivity index (χ4n) is 1.77. The summed E-state index contributed by atoms with van der Waals surface area (Å²) in [5, 5.41) is 9.21. The van der Waals surface area contributed by atoms with Crippen molar-refractivity contribution in [2.45, 2.75) is 18.7 Å². The Morgan fingerprint density at radius 3 is 2.40 bits per heavy atom. The predicted octanol–water partition coefficient (Wildman–Crippen LogP) is 4.18. The molecule has 0 saturated carbocycles. The largest absolute Gasteiger partial charge is 0.508 e. The van der Waals surface area contributed by atoms with Gasteiger partial charge in [-0.15, -0.1) is 0 Å². The summed E-state index contributed by atoms with van der Waals surface area (Å²) in [6, 6.07) is 4.77. The minimum absolute atomic E-state index is 0.229. The second-order valence-corrected chi connectivity index (χ2v) is 4.36. The minimum atomic E-state index is -2.86. The topological polar surface area (TPSA) is 29.5 Å². The summed E-state index contributed by atoms with van der Waals surface area (Å²) in [4.78, 5) is 0. The fourth-order valence-corrected chi connectivity index (χ4v) is 1.77. The third kappa shape index (κ3) is 2.13. The Kier molecular flexibility index (Phi) is 3.45. The number of alkyl halides is 1. The molecule has 108 valence electrons. The van der Waals surface area contributed by atoms with Crippen LogP contribution in [0, 0.1) is 0 Å². The van der Waals surface area contributed by atoms with E-state index in [-0.39, 0.29) is 11.5 Å². The highest BCUT2D eigenvalue weighted by Crippen LogP contribution is 2.44. The number of phenols is 1. The van der Waals surface area contributed by atoms with Gasteiger partial charge in [0, 0.05) is 6.07 Å². The number of hydrogen-bond donors (Lipinski definition) is 1. The van der Waals surface area contributed by atoms with Gasteiger partial charge in [0.25, 0.3) is 0 Å². The number of rotatable bonds is 2. The average Bonchev–Trinajstić information content (AvgIpc) is 2.41. The van der Waals surface area contributed by atoms with Gasteiger partial charge in [-0.25, -0.2) is 22.0 Å². The summed E-state index contributed by atoms with van der Waals surface area (Å²) in [5.41, 5.74) is -2.70. The smallest absolute Gasteiger partial charge is 0.200 e. The van der Waals surface area contributed by atoms with Gasteiger partial charge in [-0.05, 0) is 19.1 Å². The molecule has 2 atom stereocenters. The lowest BCUT2D eigenvalue weighted by Gasteiger charge is -2.33. The summed E-state index contributed by atoms with van der Waals surface area (Å²) in [6.45, 7) is 0.739. The molecule has 1 aromatic carbocycles. The first kappa shape index (κ1) is 14.4. The molecule has 0 saturated heterocycles. The van der Waals surface area contributed by atoms with E-state index in [2.05, 4.69) is 0 Å².